The SMILES string of the molecule is O=C(Nc1cc(NCc2cn3cc(C4CC4)ccc3n2)ncn1)[C@@H]1C[C@@]12C(=O)Nc1ccc(Cl)cc12. The zero-order valence-electron chi connectivity index (χ0n) is 19.2. The molecular weight excluding hydrogens is 478 g/mol. The van der Waals surface area contributed by atoms with Crippen molar-refractivity contribution < 1.29 is 9.59 Å². The Balaban J connectivity index is 1.03. The van der Waals surface area contributed by atoms with Gasteiger partial charge in [0, 0.05) is 29.2 Å². The fraction of sp³-hybridized carbons (Fsp3) is 0.269. The molecule has 4 aromatic rings. The van der Waals surface area contributed by atoms with E-state index in [0.29, 0.717) is 41.2 Å². The van der Waals surface area contributed by atoms with Crippen molar-refractivity contribution in [3.63, 3.8) is 0 Å². The smallest absolute Gasteiger partial charge is 0.235 e. The van der Waals surface area contributed by atoms with Crippen LogP contribution in [0, 0.1) is 5.92 Å². The van der Waals surface area contributed by atoms with Crippen LogP contribution in [0.25, 0.3) is 5.65 Å². The Kier molecular flexibility index (Phi) is 4.59. The van der Waals surface area contributed by atoms with E-state index >= 15 is 0 Å². The van der Waals surface area contributed by atoms with Gasteiger partial charge in [-0.05, 0) is 60.6 Å². The first-order chi connectivity index (χ1) is 17.5. The molecule has 180 valence electrons. The molecule has 0 saturated heterocycles. The zero-order valence-corrected chi connectivity index (χ0v) is 19.9. The standard InChI is InChI=1S/C26H22ClN7O2/c27-16-4-5-20-18(7-16)26(25(36)32-20)9-19(26)24(35)33-22-8-21(29-13-30-22)28-10-17-12-34-11-15(14-1-2-14)3-6-23(34)31-17/h3-8,11-14,19H,1-2,9-10H2,(H,32,36)(H2,28,29,30,33,35)/t19-,26-/m0/s1. The van der Waals surface area contributed by atoms with Crippen molar-refractivity contribution >= 4 is 46.4 Å². The lowest BCUT2D eigenvalue weighted by atomic mass is 9.94. The number of carbonyl (C=O) groups is 2. The molecule has 2 atom stereocenters. The molecule has 2 amide bonds. The Labute approximate surface area is 211 Å². The van der Waals surface area contributed by atoms with E-state index in [0.717, 1.165) is 16.9 Å². The van der Waals surface area contributed by atoms with E-state index in [2.05, 4.69) is 53.6 Å². The highest BCUT2D eigenvalue weighted by Gasteiger charge is 2.67. The number of carbonyl (C=O) groups excluding carboxylic acids is 2. The normalized spacial score (nSPS) is 21.9. The summed E-state index contributed by atoms with van der Waals surface area (Å²) in [6.07, 6.45) is 8.52. The summed E-state index contributed by atoms with van der Waals surface area (Å²) in [6, 6.07) is 11.1. The van der Waals surface area contributed by atoms with E-state index < -0.39 is 11.3 Å². The first kappa shape index (κ1) is 21.3. The number of aromatic nitrogens is 4. The fourth-order valence-corrected chi connectivity index (χ4v) is 5.37. The minimum absolute atomic E-state index is 0.165. The van der Waals surface area contributed by atoms with E-state index in [1.165, 1.54) is 24.7 Å². The van der Waals surface area contributed by atoms with Crippen molar-refractivity contribution in [1.82, 2.24) is 19.4 Å². The molecular formula is C26H22ClN7O2. The van der Waals surface area contributed by atoms with E-state index in [4.69, 9.17) is 11.6 Å². The lowest BCUT2D eigenvalue weighted by Crippen LogP contribution is -2.27. The molecule has 3 aliphatic rings. The second-order valence-corrected chi connectivity index (χ2v) is 10.2. The molecule has 0 bridgehead atoms. The Morgan fingerprint density at radius 1 is 1.14 bits per heavy atom. The summed E-state index contributed by atoms with van der Waals surface area (Å²) in [6.45, 7) is 0.480. The molecule has 3 N–H and O–H groups in total. The van der Waals surface area contributed by atoms with Gasteiger partial charge in [-0.25, -0.2) is 15.0 Å². The zero-order chi connectivity index (χ0) is 24.4. The number of halogens is 1. The minimum Gasteiger partial charge on any atom is -0.364 e. The Hall–Kier alpha value is -3.98. The first-order valence-corrected chi connectivity index (χ1v) is 12.3. The second-order valence-electron chi connectivity index (χ2n) is 9.74. The third kappa shape index (κ3) is 3.50. The van der Waals surface area contributed by atoms with Crippen LogP contribution in [0.5, 0.6) is 0 Å². The Morgan fingerprint density at radius 2 is 2.00 bits per heavy atom. The molecule has 1 aromatic carbocycles. The average Bonchev–Trinajstić information content (AvgIpc) is 3.78. The van der Waals surface area contributed by atoms with Gasteiger partial charge in [0.1, 0.15) is 23.6 Å². The molecule has 10 heteroatoms. The van der Waals surface area contributed by atoms with Gasteiger partial charge in [0.15, 0.2) is 0 Å². The number of hydrogen-bond donors (Lipinski definition) is 3. The molecule has 7 rings (SSSR count). The van der Waals surface area contributed by atoms with Gasteiger partial charge in [-0.1, -0.05) is 17.7 Å². The summed E-state index contributed by atoms with van der Waals surface area (Å²) in [5, 5.41) is 9.49. The molecule has 9 nitrogen and oxygen atoms in total. The summed E-state index contributed by atoms with van der Waals surface area (Å²) < 4.78 is 2.06. The van der Waals surface area contributed by atoms with E-state index in [9.17, 15) is 9.59 Å². The van der Waals surface area contributed by atoms with Gasteiger partial charge in [-0.15, -0.1) is 0 Å². The highest BCUT2D eigenvalue weighted by molar-refractivity contribution is 6.31. The quantitative estimate of drug-likeness (QED) is 0.368. The first-order valence-electron chi connectivity index (χ1n) is 12.0. The highest BCUT2D eigenvalue weighted by Crippen LogP contribution is 2.60. The van der Waals surface area contributed by atoms with Gasteiger partial charge in [0.25, 0.3) is 0 Å². The maximum absolute atomic E-state index is 13.0. The van der Waals surface area contributed by atoms with Crippen LogP contribution in [0.3, 0.4) is 0 Å². The monoisotopic (exact) mass is 499 g/mol. The number of fused-ring (bicyclic) bond motifs is 3. The summed E-state index contributed by atoms with van der Waals surface area (Å²) in [5.74, 6) is 0.720. The number of rotatable bonds is 6. The number of pyridine rings is 1. The fourth-order valence-electron chi connectivity index (χ4n) is 5.20. The van der Waals surface area contributed by atoms with Crippen LogP contribution in [0.4, 0.5) is 17.3 Å². The van der Waals surface area contributed by atoms with E-state index in [1.54, 1.807) is 24.3 Å². The number of hydrogen-bond acceptors (Lipinski definition) is 6. The molecule has 36 heavy (non-hydrogen) atoms. The molecule has 2 fully saturated rings. The van der Waals surface area contributed by atoms with E-state index in [1.807, 2.05) is 6.20 Å². The number of nitrogens with zero attached hydrogens (tertiary/aromatic N) is 4. The number of anilines is 3. The summed E-state index contributed by atoms with van der Waals surface area (Å²) in [7, 11) is 0. The van der Waals surface area contributed by atoms with Crippen LogP contribution < -0.4 is 16.0 Å². The van der Waals surface area contributed by atoms with E-state index in [-0.39, 0.29) is 11.8 Å². The molecule has 2 saturated carbocycles. The topological polar surface area (TPSA) is 113 Å². The third-order valence-corrected chi connectivity index (χ3v) is 7.57. The largest absolute Gasteiger partial charge is 0.364 e. The van der Waals surface area contributed by atoms with Gasteiger partial charge in [-0.2, -0.15) is 0 Å². The lowest BCUT2D eigenvalue weighted by Gasteiger charge is -2.10. The van der Waals surface area contributed by atoms with Crippen molar-refractivity contribution in [2.45, 2.75) is 37.1 Å². The average molecular weight is 500 g/mol. The highest BCUT2D eigenvalue weighted by atomic mass is 35.5. The van der Waals surface area contributed by atoms with Gasteiger partial charge in [0.2, 0.25) is 11.8 Å². The summed E-state index contributed by atoms with van der Waals surface area (Å²) in [5.41, 5.74) is 3.78. The molecule has 0 unspecified atom stereocenters. The Bertz CT molecular complexity index is 1560. The van der Waals surface area contributed by atoms with Crippen molar-refractivity contribution in [3.05, 3.63) is 77.0 Å². The summed E-state index contributed by atoms with van der Waals surface area (Å²) in [4.78, 5) is 38.8. The number of benzene rings is 1. The van der Waals surface area contributed by atoms with Crippen LogP contribution >= 0.6 is 11.6 Å². The predicted octanol–water partition coefficient (Wildman–Crippen LogP) is 4.12. The molecule has 2 aliphatic carbocycles. The van der Waals surface area contributed by atoms with Gasteiger partial charge < -0.3 is 20.4 Å². The van der Waals surface area contributed by atoms with Crippen LogP contribution in [-0.4, -0.2) is 31.2 Å². The molecule has 3 aromatic heterocycles. The molecule has 4 heterocycles. The lowest BCUT2D eigenvalue weighted by molar-refractivity contribution is -0.122. The van der Waals surface area contributed by atoms with Crippen LogP contribution in [-0.2, 0) is 21.5 Å². The predicted molar refractivity (Wildman–Crippen MR) is 135 cm³/mol. The Morgan fingerprint density at radius 3 is 2.86 bits per heavy atom. The van der Waals surface area contributed by atoms with Crippen LogP contribution in [0.15, 0.2) is 55.1 Å². The van der Waals surface area contributed by atoms with Gasteiger partial charge >= 0.3 is 0 Å². The van der Waals surface area contributed by atoms with Crippen molar-refractivity contribution in [1.29, 1.82) is 0 Å². The number of nitrogens with one attached hydrogen (secondary N) is 3. The maximum atomic E-state index is 13.0. The van der Waals surface area contributed by atoms with Crippen LogP contribution in [0.1, 0.15) is 42.0 Å². The minimum atomic E-state index is -0.860. The number of amides is 2. The van der Waals surface area contributed by atoms with Crippen molar-refractivity contribution in [3.8, 4) is 0 Å². The molecule has 0 radical (unpaired) electrons. The molecule has 1 spiro atoms. The van der Waals surface area contributed by atoms with Gasteiger partial charge in [0.05, 0.1) is 23.6 Å². The van der Waals surface area contributed by atoms with Gasteiger partial charge in [-0.3, -0.25) is 9.59 Å². The number of imidazole rings is 1. The summed E-state index contributed by atoms with van der Waals surface area (Å²) >= 11 is 6.15. The van der Waals surface area contributed by atoms with Crippen LogP contribution in [0.2, 0.25) is 5.02 Å². The third-order valence-electron chi connectivity index (χ3n) is 7.33. The molecule has 1 aliphatic heterocycles. The van der Waals surface area contributed by atoms with Crippen molar-refractivity contribution in [2.24, 2.45) is 5.92 Å². The second kappa shape index (κ2) is 7.76. The van der Waals surface area contributed by atoms with Crippen molar-refractivity contribution in [2.75, 3.05) is 16.0 Å². The maximum Gasteiger partial charge on any atom is 0.235 e.